The molecule has 22 heteroatoms. The summed E-state index contributed by atoms with van der Waals surface area (Å²) < 4.78 is 63.5. The van der Waals surface area contributed by atoms with Crippen molar-refractivity contribution in [2.75, 3.05) is 10.6 Å². The largest absolute Gasteiger partial charge is 0.508 e. The number of hydrogen-bond donors (Lipinski definition) is 10. The van der Waals surface area contributed by atoms with Gasteiger partial charge in [0, 0.05) is 12.8 Å². The van der Waals surface area contributed by atoms with Gasteiger partial charge in [0.05, 0.1) is 23.5 Å². The summed E-state index contributed by atoms with van der Waals surface area (Å²) in [5.41, 5.74) is 16.1. The zero-order valence-electron chi connectivity index (χ0n) is 35.5. The van der Waals surface area contributed by atoms with Gasteiger partial charge in [0.25, 0.3) is 0 Å². The van der Waals surface area contributed by atoms with E-state index in [1.165, 1.54) is 24.3 Å². The number of amides is 4. The summed E-state index contributed by atoms with van der Waals surface area (Å²) in [6, 6.07) is 33.7. The van der Waals surface area contributed by atoms with Crippen molar-refractivity contribution < 1.29 is 75.5 Å². The molecular weight excluding hydrogens is 911 g/mol. The highest BCUT2D eigenvalue weighted by molar-refractivity contribution is 6.04. The molecule has 16 nitrogen and oxygen atoms in total. The summed E-state index contributed by atoms with van der Waals surface area (Å²) in [4.78, 5) is 72.1. The van der Waals surface area contributed by atoms with Crippen LogP contribution in [0, 0.1) is 0 Å². The van der Waals surface area contributed by atoms with Gasteiger partial charge in [0.15, 0.2) is 0 Å². The third-order valence-corrected chi connectivity index (χ3v) is 9.22. The van der Waals surface area contributed by atoms with Crippen molar-refractivity contribution in [3.05, 3.63) is 156 Å². The maximum Gasteiger partial charge on any atom is 0.490 e. The van der Waals surface area contributed by atoms with Crippen molar-refractivity contribution in [1.82, 2.24) is 10.6 Å². The van der Waals surface area contributed by atoms with Gasteiger partial charge >= 0.3 is 24.3 Å². The number of halogens is 6. The molecule has 0 aliphatic rings. The minimum Gasteiger partial charge on any atom is -0.508 e. The molecule has 0 aliphatic carbocycles. The molecule has 0 saturated carbocycles. The van der Waals surface area contributed by atoms with Crippen LogP contribution in [0.2, 0.25) is 0 Å². The zero-order valence-corrected chi connectivity index (χ0v) is 35.5. The Morgan fingerprint density at radius 2 is 0.691 bits per heavy atom. The Kier molecular flexibility index (Phi) is 20.5. The summed E-state index contributed by atoms with van der Waals surface area (Å²) in [5.74, 6) is -7.49. The maximum absolute atomic E-state index is 13.9. The Balaban J connectivity index is 0.000000759. The van der Waals surface area contributed by atoms with Crippen LogP contribution >= 0.6 is 0 Å². The van der Waals surface area contributed by atoms with Crippen molar-refractivity contribution in [2.45, 2.75) is 62.2 Å². The fourth-order valence-corrected chi connectivity index (χ4v) is 5.77. The molecule has 0 bridgehead atoms. The number of benzene rings is 5. The topological polar surface area (TPSA) is 284 Å². The lowest BCUT2D eigenvalue weighted by Crippen LogP contribution is -2.52. The van der Waals surface area contributed by atoms with Crippen LogP contribution < -0.4 is 32.7 Å². The van der Waals surface area contributed by atoms with Gasteiger partial charge < -0.3 is 53.2 Å². The van der Waals surface area contributed by atoms with Crippen LogP contribution in [0.1, 0.15) is 22.3 Å². The maximum atomic E-state index is 13.9. The SMILES string of the molecule is N[C@H](Cc1ccc(O)cc1)C(=O)N[C@H](Cc1ccccc1)C(=O)Nc1ccccc1NC(=O)[C@@H](Cc1ccccc1)NC(=O)[C@H](N)Cc1ccc(O)cc1.O=C(O)C(F)(F)F.O=C(O)C(F)(F)F. The Labute approximate surface area is 384 Å². The minimum absolute atomic E-state index is 0.0930. The van der Waals surface area contributed by atoms with Crippen LogP contribution in [0.25, 0.3) is 0 Å². The van der Waals surface area contributed by atoms with Crippen molar-refractivity contribution >= 4 is 46.9 Å². The molecule has 4 atom stereocenters. The second kappa shape index (κ2) is 25.6. The molecule has 5 aromatic carbocycles. The molecule has 4 amide bonds. The Bertz CT molecular complexity index is 2270. The van der Waals surface area contributed by atoms with Gasteiger partial charge in [-0.3, -0.25) is 19.2 Å². The van der Waals surface area contributed by atoms with E-state index < -0.39 is 72.1 Å². The molecule has 5 aromatic rings. The standard InChI is InChI=1S/C42H44N6O6.2C2HF3O2/c43-33(23-29-15-19-31(49)20-16-29)39(51)47-37(25-27-9-3-1-4-10-27)41(53)45-35-13-7-8-14-36(35)46-42(54)38(26-28-11-5-2-6-12-28)48-40(52)34(44)24-30-17-21-32(50)22-18-30;2*3-2(4,5)1(6)7/h1-22,33-34,37-38,49-50H,23-26,43-44H2,(H,45,53)(H,46,54)(H,47,51)(H,48,52);2*(H,6,7)/t33-,34-,37-,38-;;/m1../s1. The third-order valence-electron chi connectivity index (χ3n) is 9.22. The number of carbonyl (C=O) groups excluding carboxylic acids is 4. The van der Waals surface area contributed by atoms with Gasteiger partial charge in [0.1, 0.15) is 23.6 Å². The van der Waals surface area contributed by atoms with Crippen molar-refractivity contribution in [3.8, 4) is 11.5 Å². The highest BCUT2D eigenvalue weighted by Crippen LogP contribution is 2.23. The van der Waals surface area contributed by atoms with E-state index >= 15 is 0 Å². The van der Waals surface area contributed by atoms with Gasteiger partial charge in [-0.15, -0.1) is 0 Å². The summed E-state index contributed by atoms with van der Waals surface area (Å²) >= 11 is 0. The van der Waals surface area contributed by atoms with Gasteiger partial charge in [-0.2, -0.15) is 26.3 Å². The Morgan fingerprint density at radius 3 is 0.971 bits per heavy atom. The number of phenols is 2. The highest BCUT2D eigenvalue weighted by Gasteiger charge is 2.39. The van der Waals surface area contributed by atoms with Crippen LogP contribution in [0.15, 0.2) is 133 Å². The number of phenolic OH excluding ortho intramolecular Hbond substituents is 2. The molecule has 0 aliphatic heterocycles. The first-order chi connectivity index (χ1) is 31.9. The summed E-state index contributed by atoms with van der Waals surface area (Å²) in [6.07, 6.45) is -9.48. The number of hydrogen-bond acceptors (Lipinski definition) is 10. The van der Waals surface area contributed by atoms with Gasteiger partial charge in [0.2, 0.25) is 23.6 Å². The third kappa shape index (κ3) is 19.2. The predicted octanol–water partition coefficient (Wildman–Crippen LogP) is 4.84. The highest BCUT2D eigenvalue weighted by atomic mass is 19.4. The average molecular weight is 957 g/mol. The molecule has 0 unspecified atom stereocenters. The smallest absolute Gasteiger partial charge is 0.490 e. The second-order valence-corrected chi connectivity index (χ2v) is 14.6. The molecule has 0 heterocycles. The van der Waals surface area contributed by atoms with Crippen molar-refractivity contribution in [1.29, 1.82) is 0 Å². The second-order valence-electron chi connectivity index (χ2n) is 14.6. The normalized spacial score (nSPS) is 12.7. The molecular formula is C46H46F6N6O10. The van der Waals surface area contributed by atoms with Gasteiger partial charge in [-0.05, 0) is 71.5 Å². The predicted molar refractivity (Wildman–Crippen MR) is 235 cm³/mol. The summed E-state index contributed by atoms with van der Waals surface area (Å²) in [5, 5.41) is 44.7. The Morgan fingerprint density at radius 1 is 0.426 bits per heavy atom. The molecule has 0 radical (unpaired) electrons. The number of anilines is 2. The van der Waals surface area contributed by atoms with Crippen LogP contribution in [0.3, 0.4) is 0 Å². The average Bonchev–Trinajstić information content (AvgIpc) is 3.28. The number of nitrogens with two attached hydrogens (primary N) is 2. The molecule has 0 spiro atoms. The summed E-state index contributed by atoms with van der Waals surface area (Å²) in [6.45, 7) is 0. The first-order valence-electron chi connectivity index (χ1n) is 20.0. The molecule has 12 N–H and O–H groups in total. The number of rotatable bonds is 16. The van der Waals surface area contributed by atoms with Gasteiger partial charge in [-0.1, -0.05) is 97.1 Å². The zero-order chi connectivity index (χ0) is 50.6. The number of para-hydroxylation sites is 2. The lowest BCUT2D eigenvalue weighted by Gasteiger charge is -2.23. The number of aliphatic carboxylic acids is 2. The first-order valence-corrected chi connectivity index (χ1v) is 20.0. The monoisotopic (exact) mass is 956 g/mol. The van der Waals surface area contributed by atoms with Crippen LogP contribution in [0.5, 0.6) is 11.5 Å². The molecule has 5 rings (SSSR count). The van der Waals surface area contributed by atoms with E-state index in [4.69, 9.17) is 31.3 Å². The lowest BCUT2D eigenvalue weighted by atomic mass is 10.0. The number of nitrogens with one attached hydrogen (secondary N) is 4. The molecule has 0 aromatic heterocycles. The fourth-order valence-electron chi connectivity index (χ4n) is 5.77. The van der Waals surface area contributed by atoms with Crippen molar-refractivity contribution in [2.24, 2.45) is 11.5 Å². The Hall–Kier alpha value is -7.98. The van der Waals surface area contributed by atoms with E-state index in [0.717, 1.165) is 22.3 Å². The number of carboxylic acids is 2. The lowest BCUT2D eigenvalue weighted by molar-refractivity contribution is -0.193. The van der Waals surface area contributed by atoms with Crippen LogP contribution in [0.4, 0.5) is 37.7 Å². The molecule has 0 saturated heterocycles. The molecule has 68 heavy (non-hydrogen) atoms. The van der Waals surface area contributed by atoms with E-state index in [2.05, 4.69) is 21.3 Å². The fraction of sp³-hybridized carbons (Fsp3) is 0.217. The summed E-state index contributed by atoms with van der Waals surface area (Å²) in [7, 11) is 0. The van der Waals surface area contributed by atoms with Gasteiger partial charge in [-0.25, -0.2) is 9.59 Å². The van der Waals surface area contributed by atoms with E-state index in [-0.39, 0.29) is 48.6 Å². The first kappa shape index (κ1) is 54.4. The number of carboxylic acid groups (broad SMARTS) is 2. The van der Waals surface area contributed by atoms with E-state index in [1.807, 2.05) is 60.7 Å². The van der Waals surface area contributed by atoms with E-state index in [0.29, 0.717) is 0 Å². The number of alkyl halides is 6. The van der Waals surface area contributed by atoms with Crippen LogP contribution in [-0.4, -0.2) is 92.5 Å². The van der Waals surface area contributed by atoms with E-state index in [1.54, 1.807) is 48.5 Å². The quantitative estimate of drug-likeness (QED) is 0.0595. The molecule has 362 valence electrons. The van der Waals surface area contributed by atoms with Crippen molar-refractivity contribution in [3.63, 3.8) is 0 Å². The van der Waals surface area contributed by atoms with Crippen LogP contribution in [-0.2, 0) is 54.5 Å². The molecule has 0 fully saturated rings. The number of carbonyl (C=O) groups is 6. The number of aromatic hydroxyl groups is 2. The van der Waals surface area contributed by atoms with E-state index in [9.17, 15) is 55.7 Å². The minimum atomic E-state index is -5.08.